The number of fused-ring (bicyclic) bond motifs is 1. The van der Waals surface area contributed by atoms with Crippen molar-refractivity contribution in [3.05, 3.63) is 68.8 Å². The molecular weight excluding hydrogens is 515 g/mol. The number of aromatic nitrogens is 6. The number of carbonyl (C=O) groups is 1. The summed E-state index contributed by atoms with van der Waals surface area (Å²) in [6, 6.07) is 4.40. The van der Waals surface area contributed by atoms with E-state index in [1.807, 2.05) is 6.92 Å². The molecule has 39 heavy (non-hydrogen) atoms. The molecule has 0 spiro atoms. The molecule has 0 radical (unpaired) electrons. The zero-order chi connectivity index (χ0) is 27.9. The Hall–Kier alpha value is -4.29. The van der Waals surface area contributed by atoms with Crippen molar-refractivity contribution in [3.8, 4) is 11.4 Å². The lowest BCUT2D eigenvalue weighted by molar-refractivity contribution is -0.141. The van der Waals surface area contributed by atoms with Crippen LogP contribution in [0, 0.1) is 0 Å². The number of carbonyl (C=O) groups excluding carboxylic acids is 1. The number of rotatable bonds is 9. The third kappa shape index (κ3) is 5.08. The van der Waals surface area contributed by atoms with E-state index >= 15 is 0 Å². The van der Waals surface area contributed by atoms with Gasteiger partial charge in [-0.25, -0.2) is 14.8 Å². The summed E-state index contributed by atoms with van der Waals surface area (Å²) in [5, 5.41) is 3.01. The Balaban J connectivity index is 1.39. The van der Waals surface area contributed by atoms with Crippen molar-refractivity contribution in [1.29, 1.82) is 0 Å². The fourth-order valence-electron chi connectivity index (χ4n) is 4.41. The Labute approximate surface area is 219 Å². The van der Waals surface area contributed by atoms with E-state index in [0.29, 0.717) is 42.2 Å². The van der Waals surface area contributed by atoms with Gasteiger partial charge in [-0.3, -0.25) is 23.7 Å². The second-order valence-corrected chi connectivity index (χ2v) is 9.46. The molecule has 204 valence electrons. The number of imidazole rings is 1. The number of alkyl halides is 3. The molecule has 0 aliphatic heterocycles. The summed E-state index contributed by atoms with van der Waals surface area (Å²) >= 11 is 0. The minimum Gasteiger partial charge on any atom is -0.360 e. The van der Waals surface area contributed by atoms with E-state index in [4.69, 9.17) is 0 Å². The number of aromatic amines is 1. The van der Waals surface area contributed by atoms with E-state index in [-0.39, 0.29) is 22.8 Å². The minimum atomic E-state index is -4.59. The van der Waals surface area contributed by atoms with Crippen LogP contribution in [0.2, 0.25) is 0 Å². The zero-order valence-corrected chi connectivity index (χ0v) is 21.2. The molecule has 5 rings (SSSR count). The van der Waals surface area contributed by atoms with Crippen molar-refractivity contribution in [3.63, 3.8) is 0 Å². The molecule has 4 heterocycles. The number of ketones is 1. The van der Waals surface area contributed by atoms with Gasteiger partial charge in [0.15, 0.2) is 11.4 Å². The summed E-state index contributed by atoms with van der Waals surface area (Å²) in [4.78, 5) is 54.2. The van der Waals surface area contributed by atoms with Crippen molar-refractivity contribution in [2.75, 3.05) is 5.32 Å². The number of hydrogen-bond donors (Lipinski definition) is 2. The molecule has 2 N–H and O–H groups in total. The predicted molar refractivity (Wildman–Crippen MR) is 138 cm³/mol. The predicted octanol–water partition coefficient (Wildman–Crippen LogP) is 4.18. The normalized spacial score (nSPS) is 14.5. The lowest BCUT2D eigenvalue weighted by Gasteiger charge is -2.17. The summed E-state index contributed by atoms with van der Waals surface area (Å²) < 4.78 is 41.2. The fraction of sp³-hybridized carbons (Fsp3) is 0.385. The highest BCUT2D eigenvalue weighted by Gasteiger charge is 2.33. The van der Waals surface area contributed by atoms with Gasteiger partial charge in [-0.2, -0.15) is 13.2 Å². The van der Waals surface area contributed by atoms with Crippen LogP contribution in [-0.4, -0.2) is 40.9 Å². The molecule has 13 heteroatoms. The molecule has 10 nitrogen and oxygen atoms in total. The van der Waals surface area contributed by atoms with Crippen LogP contribution >= 0.6 is 0 Å². The summed E-state index contributed by atoms with van der Waals surface area (Å²) in [6.45, 7) is 4.13. The Morgan fingerprint density at radius 1 is 1.13 bits per heavy atom. The highest BCUT2D eigenvalue weighted by Crippen LogP contribution is 2.32. The largest absolute Gasteiger partial charge is 0.433 e. The van der Waals surface area contributed by atoms with Crippen LogP contribution in [0.5, 0.6) is 0 Å². The van der Waals surface area contributed by atoms with Gasteiger partial charge in [0.05, 0.1) is 6.04 Å². The third-order valence-corrected chi connectivity index (χ3v) is 6.59. The Kier molecular flexibility index (Phi) is 6.83. The molecule has 0 saturated heterocycles. The number of halogens is 3. The van der Waals surface area contributed by atoms with E-state index < -0.39 is 29.3 Å². The molecule has 4 aromatic heterocycles. The van der Waals surface area contributed by atoms with Gasteiger partial charge in [-0.05, 0) is 49.9 Å². The van der Waals surface area contributed by atoms with Crippen LogP contribution < -0.4 is 16.6 Å². The number of nitrogens with one attached hydrogen (secondary N) is 2. The molecule has 0 amide bonds. The molecule has 1 aliphatic carbocycles. The average molecular weight is 542 g/mol. The van der Waals surface area contributed by atoms with Crippen LogP contribution in [0.4, 0.5) is 19.0 Å². The number of anilines is 1. The monoisotopic (exact) mass is 541 g/mol. The summed E-state index contributed by atoms with van der Waals surface area (Å²) in [6.07, 6.45) is 0.487. The van der Waals surface area contributed by atoms with Crippen molar-refractivity contribution in [2.24, 2.45) is 0 Å². The van der Waals surface area contributed by atoms with Crippen LogP contribution in [0.15, 0.2) is 46.2 Å². The first kappa shape index (κ1) is 26.3. The lowest BCUT2D eigenvalue weighted by Crippen LogP contribution is -2.39. The van der Waals surface area contributed by atoms with Crippen molar-refractivity contribution < 1.29 is 18.0 Å². The maximum absolute atomic E-state index is 13.0. The van der Waals surface area contributed by atoms with Crippen molar-refractivity contribution >= 4 is 22.8 Å². The van der Waals surface area contributed by atoms with Gasteiger partial charge in [0.25, 0.3) is 5.56 Å². The smallest absolute Gasteiger partial charge is 0.360 e. The number of pyridine rings is 2. The van der Waals surface area contributed by atoms with E-state index in [0.717, 1.165) is 31.2 Å². The second kappa shape index (κ2) is 10.1. The van der Waals surface area contributed by atoms with Crippen LogP contribution in [0.25, 0.3) is 22.6 Å². The van der Waals surface area contributed by atoms with Gasteiger partial charge in [0.1, 0.15) is 22.9 Å². The number of hydrogen-bond acceptors (Lipinski definition) is 7. The summed E-state index contributed by atoms with van der Waals surface area (Å²) in [5.41, 5.74) is -0.645. The molecule has 1 saturated carbocycles. The summed E-state index contributed by atoms with van der Waals surface area (Å²) in [7, 11) is 0. The zero-order valence-electron chi connectivity index (χ0n) is 21.2. The second-order valence-electron chi connectivity index (χ2n) is 9.46. The average Bonchev–Trinajstić information content (AvgIpc) is 3.65. The van der Waals surface area contributed by atoms with Crippen molar-refractivity contribution in [1.82, 2.24) is 29.1 Å². The molecule has 1 unspecified atom stereocenters. The standard InChI is InChI=1S/C26H26F3N7O3/c1-3-11-35-23-20(24(38)36(25(35)39)16-7-8-16)33-22(34-23)15-6-10-19(31-13-15)32-17(4-2)21(37)14-5-9-18(30-12-14)26(27,28)29/h5-6,9-10,12-13,16-17H,3-4,7-8,11H2,1-2H3,(H,31,32)(H,33,34). The Bertz CT molecular complexity index is 1630. The molecule has 0 bridgehead atoms. The highest BCUT2D eigenvalue weighted by molar-refractivity contribution is 6.01. The van der Waals surface area contributed by atoms with E-state index in [1.54, 1.807) is 19.1 Å². The highest BCUT2D eigenvalue weighted by atomic mass is 19.4. The molecule has 0 aromatic carbocycles. The Morgan fingerprint density at radius 3 is 2.46 bits per heavy atom. The molecular formula is C26H26F3N7O3. The first-order chi connectivity index (χ1) is 18.6. The molecule has 1 aliphatic rings. The van der Waals surface area contributed by atoms with Gasteiger partial charge < -0.3 is 10.3 Å². The lowest BCUT2D eigenvalue weighted by atomic mass is 10.0. The SMILES string of the molecule is CCCn1c(=O)n(C2CC2)c(=O)c2[nH]c(-c3ccc(NC(CC)C(=O)c4ccc(C(F)(F)F)nc4)nc3)nc21. The molecule has 1 fully saturated rings. The van der Waals surface area contributed by atoms with E-state index in [9.17, 15) is 27.6 Å². The van der Waals surface area contributed by atoms with Gasteiger partial charge >= 0.3 is 11.9 Å². The van der Waals surface area contributed by atoms with Gasteiger partial charge in [0.2, 0.25) is 0 Å². The number of aryl methyl sites for hydroxylation is 1. The number of Topliss-reactive ketones (excluding diaryl/α,β-unsaturated/α-hetero) is 1. The molecule has 4 aromatic rings. The maximum Gasteiger partial charge on any atom is 0.433 e. The first-order valence-electron chi connectivity index (χ1n) is 12.7. The van der Waals surface area contributed by atoms with Crippen LogP contribution in [0.1, 0.15) is 61.6 Å². The quantitative estimate of drug-likeness (QED) is 0.304. The van der Waals surface area contributed by atoms with Gasteiger partial charge in [-0.15, -0.1) is 0 Å². The molecule has 1 atom stereocenters. The third-order valence-electron chi connectivity index (χ3n) is 6.59. The van der Waals surface area contributed by atoms with Crippen LogP contribution in [-0.2, 0) is 12.7 Å². The van der Waals surface area contributed by atoms with Gasteiger partial charge in [-0.1, -0.05) is 13.8 Å². The fourth-order valence-corrected chi connectivity index (χ4v) is 4.41. The van der Waals surface area contributed by atoms with E-state index in [2.05, 4.69) is 25.3 Å². The minimum absolute atomic E-state index is 0.0521. The maximum atomic E-state index is 13.0. The van der Waals surface area contributed by atoms with Crippen molar-refractivity contribution in [2.45, 2.75) is 64.3 Å². The topological polar surface area (TPSA) is 128 Å². The number of H-pyrrole nitrogens is 1. The number of nitrogens with zero attached hydrogens (tertiary/aromatic N) is 5. The Morgan fingerprint density at radius 2 is 1.90 bits per heavy atom. The summed E-state index contributed by atoms with van der Waals surface area (Å²) in [5.74, 6) is 0.328. The van der Waals surface area contributed by atoms with E-state index in [1.165, 1.54) is 15.3 Å². The van der Waals surface area contributed by atoms with Crippen LogP contribution in [0.3, 0.4) is 0 Å². The first-order valence-corrected chi connectivity index (χ1v) is 12.7. The van der Waals surface area contributed by atoms with Gasteiger partial charge in [0, 0.05) is 36.1 Å².